The van der Waals surface area contributed by atoms with Gasteiger partial charge in [0.25, 0.3) is 0 Å². The number of nitrogens with one attached hydrogen (secondary N) is 1. The van der Waals surface area contributed by atoms with E-state index in [1.54, 1.807) is 0 Å². The normalized spacial score (nSPS) is 25.8. The summed E-state index contributed by atoms with van der Waals surface area (Å²) in [7, 11) is 0. The third-order valence-electron chi connectivity index (χ3n) is 4.75. The van der Waals surface area contributed by atoms with Crippen LogP contribution in [0.4, 0.5) is 0 Å². The highest BCUT2D eigenvalue weighted by Gasteiger charge is 2.26. The van der Waals surface area contributed by atoms with E-state index in [0.29, 0.717) is 12.5 Å². The third kappa shape index (κ3) is 3.67. The first-order chi connectivity index (χ1) is 8.33. The van der Waals surface area contributed by atoms with Gasteiger partial charge in [0.05, 0.1) is 0 Å². The fourth-order valence-corrected chi connectivity index (χ4v) is 3.05. The summed E-state index contributed by atoms with van der Waals surface area (Å²) >= 11 is 0. The summed E-state index contributed by atoms with van der Waals surface area (Å²) in [6.45, 7) is 7.25. The number of hydrogen-bond donors (Lipinski definition) is 2. The van der Waals surface area contributed by atoms with Gasteiger partial charge in [0.15, 0.2) is 0 Å². The predicted octanol–water partition coefficient (Wildman–Crippen LogP) is 1.47. The van der Waals surface area contributed by atoms with Gasteiger partial charge in [-0.15, -0.1) is 0 Å². The first kappa shape index (κ1) is 13.3. The summed E-state index contributed by atoms with van der Waals surface area (Å²) in [6.07, 6.45) is 6.60. The third-order valence-corrected chi connectivity index (χ3v) is 4.75. The largest absolute Gasteiger partial charge is 0.396 e. The van der Waals surface area contributed by atoms with Crippen LogP contribution in [0.2, 0.25) is 0 Å². The van der Waals surface area contributed by atoms with Crippen LogP contribution in [0.3, 0.4) is 0 Å². The van der Waals surface area contributed by atoms with Crippen molar-refractivity contribution in [3.63, 3.8) is 0 Å². The molecule has 3 heteroatoms. The molecule has 1 unspecified atom stereocenters. The molecule has 2 rings (SSSR count). The maximum absolute atomic E-state index is 9.55. The lowest BCUT2D eigenvalue weighted by Crippen LogP contribution is -2.43. The van der Waals surface area contributed by atoms with Crippen LogP contribution in [0.5, 0.6) is 0 Å². The zero-order valence-electron chi connectivity index (χ0n) is 11.2. The number of aliphatic hydroxyl groups is 1. The van der Waals surface area contributed by atoms with Gasteiger partial charge in [-0.2, -0.15) is 0 Å². The molecule has 1 aliphatic carbocycles. The minimum Gasteiger partial charge on any atom is -0.396 e. The van der Waals surface area contributed by atoms with Crippen LogP contribution in [0, 0.1) is 11.8 Å². The molecule has 17 heavy (non-hydrogen) atoms. The molecular weight excluding hydrogens is 212 g/mol. The van der Waals surface area contributed by atoms with Crippen molar-refractivity contribution in [1.82, 2.24) is 10.2 Å². The van der Waals surface area contributed by atoms with Gasteiger partial charge in [0.2, 0.25) is 0 Å². The number of nitrogens with zero attached hydrogens (tertiary/aromatic N) is 1. The van der Waals surface area contributed by atoms with Crippen LogP contribution < -0.4 is 5.32 Å². The summed E-state index contributed by atoms with van der Waals surface area (Å²) in [6, 6.07) is 0.750. The highest BCUT2D eigenvalue weighted by atomic mass is 16.3. The first-order valence-electron chi connectivity index (χ1n) is 7.40. The molecule has 0 spiro atoms. The van der Waals surface area contributed by atoms with Gasteiger partial charge in [-0.1, -0.05) is 13.3 Å². The Balaban J connectivity index is 1.69. The average molecular weight is 240 g/mol. The van der Waals surface area contributed by atoms with Gasteiger partial charge >= 0.3 is 0 Å². The van der Waals surface area contributed by atoms with E-state index in [0.717, 1.165) is 18.5 Å². The van der Waals surface area contributed by atoms with Crippen LogP contribution in [-0.2, 0) is 0 Å². The van der Waals surface area contributed by atoms with Crippen molar-refractivity contribution in [2.75, 3.05) is 32.8 Å². The molecule has 1 heterocycles. The summed E-state index contributed by atoms with van der Waals surface area (Å²) in [5.41, 5.74) is 0. The van der Waals surface area contributed by atoms with Gasteiger partial charge in [0, 0.05) is 19.2 Å². The number of piperidine rings is 1. The lowest BCUT2D eigenvalue weighted by atomic mass is 9.83. The van der Waals surface area contributed by atoms with Gasteiger partial charge in [0.1, 0.15) is 0 Å². The Morgan fingerprint density at radius 1 is 1.24 bits per heavy atom. The highest BCUT2D eigenvalue weighted by molar-refractivity contribution is 4.82. The molecule has 100 valence electrons. The van der Waals surface area contributed by atoms with Crippen molar-refractivity contribution in [2.24, 2.45) is 11.8 Å². The van der Waals surface area contributed by atoms with Crippen LogP contribution in [0.25, 0.3) is 0 Å². The SMILES string of the molecule is CCN1CCC(C(CO)CNC2CCC2)CC1. The molecule has 0 aromatic heterocycles. The van der Waals surface area contributed by atoms with Crippen molar-refractivity contribution in [3.8, 4) is 0 Å². The van der Waals surface area contributed by atoms with E-state index < -0.39 is 0 Å². The molecule has 0 radical (unpaired) electrons. The van der Waals surface area contributed by atoms with Crippen molar-refractivity contribution in [2.45, 2.75) is 45.1 Å². The average Bonchev–Trinajstić information content (AvgIpc) is 2.33. The topological polar surface area (TPSA) is 35.5 Å². The number of aliphatic hydroxyl groups excluding tert-OH is 1. The quantitative estimate of drug-likeness (QED) is 0.738. The van der Waals surface area contributed by atoms with Crippen molar-refractivity contribution in [1.29, 1.82) is 0 Å². The first-order valence-corrected chi connectivity index (χ1v) is 7.40. The second-order valence-corrected chi connectivity index (χ2v) is 5.75. The molecule has 2 aliphatic rings. The Morgan fingerprint density at radius 3 is 2.41 bits per heavy atom. The van der Waals surface area contributed by atoms with E-state index in [9.17, 15) is 5.11 Å². The van der Waals surface area contributed by atoms with Crippen molar-refractivity contribution in [3.05, 3.63) is 0 Å². The smallest absolute Gasteiger partial charge is 0.0474 e. The van der Waals surface area contributed by atoms with Gasteiger partial charge in [-0.05, 0) is 57.2 Å². The molecule has 3 nitrogen and oxygen atoms in total. The predicted molar refractivity (Wildman–Crippen MR) is 71.1 cm³/mol. The molecule has 0 aromatic carbocycles. The highest BCUT2D eigenvalue weighted by Crippen LogP contribution is 2.25. The Kier molecular flexibility index (Phi) is 5.26. The molecular formula is C14H28N2O. The van der Waals surface area contributed by atoms with Gasteiger partial charge in [-0.3, -0.25) is 0 Å². The molecule has 2 fully saturated rings. The maximum atomic E-state index is 9.55. The fraction of sp³-hybridized carbons (Fsp3) is 1.00. The number of hydrogen-bond acceptors (Lipinski definition) is 3. The molecule has 0 bridgehead atoms. The summed E-state index contributed by atoms with van der Waals surface area (Å²) in [4.78, 5) is 2.52. The van der Waals surface area contributed by atoms with Crippen LogP contribution in [-0.4, -0.2) is 48.8 Å². The van der Waals surface area contributed by atoms with E-state index in [2.05, 4.69) is 17.1 Å². The molecule has 1 saturated heterocycles. The van der Waals surface area contributed by atoms with E-state index in [1.165, 1.54) is 51.7 Å². The van der Waals surface area contributed by atoms with Crippen LogP contribution >= 0.6 is 0 Å². The molecule has 1 saturated carbocycles. The van der Waals surface area contributed by atoms with E-state index in [4.69, 9.17) is 0 Å². The van der Waals surface area contributed by atoms with Crippen LogP contribution in [0.1, 0.15) is 39.0 Å². The number of likely N-dealkylation sites (tertiary alicyclic amines) is 1. The standard InChI is InChI=1S/C14H28N2O/c1-2-16-8-6-12(7-9-16)13(11-17)10-15-14-4-3-5-14/h12-15,17H,2-11H2,1H3. The monoisotopic (exact) mass is 240 g/mol. The van der Waals surface area contributed by atoms with E-state index >= 15 is 0 Å². The molecule has 0 aromatic rings. The van der Waals surface area contributed by atoms with Gasteiger partial charge in [-0.25, -0.2) is 0 Å². The summed E-state index contributed by atoms with van der Waals surface area (Å²) < 4.78 is 0. The molecule has 2 N–H and O–H groups in total. The lowest BCUT2D eigenvalue weighted by Gasteiger charge is -2.36. The Hall–Kier alpha value is -0.120. The zero-order chi connectivity index (χ0) is 12.1. The Morgan fingerprint density at radius 2 is 1.94 bits per heavy atom. The fourth-order valence-electron chi connectivity index (χ4n) is 3.05. The lowest BCUT2D eigenvalue weighted by molar-refractivity contribution is 0.104. The Labute approximate surface area is 106 Å². The summed E-state index contributed by atoms with van der Waals surface area (Å²) in [5, 5.41) is 13.2. The zero-order valence-corrected chi connectivity index (χ0v) is 11.2. The molecule has 1 atom stereocenters. The van der Waals surface area contributed by atoms with Gasteiger partial charge < -0.3 is 15.3 Å². The maximum Gasteiger partial charge on any atom is 0.0474 e. The number of rotatable bonds is 6. The molecule has 1 aliphatic heterocycles. The summed E-state index contributed by atoms with van der Waals surface area (Å²) in [5.74, 6) is 1.21. The van der Waals surface area contributed by atoms with Crippen LogP contribution in [0.15, 0.2) is 0 Å². The second kappa shape index (κ2) is 6.72. The second-order valence-electron chi connectivity index (χ2n) is 5.75. The van der Waals surface area contributed by atoms with E-state index in [-0.39, 0.29) is 0 Å². The van der Waals surface area contributed by atoms with Crippen molar-refractivity contribution >= 4 is 0 Å². The van der Waals surface area contributed by atoms with Crippen molar-refractivity contribution < 1.29 is 5.11 Å². The van der Waals surface area contributed by atoms with E-state index in [1.807, 2.05) is 0 Å². The Bertz CT molecular complexity index is 210. The minimum atomic E-state index is 0.358. The minimum absolute atomic E-state index is 0.358. The molecule has 0 amide bonds.